The maximum atomic E-state index is 6.24. The summed E-state index contributed by atoms with van der Waals surface area (Å²) in [7, 11) is 6.47. The van der Waals surface area contributed by atoms with E-state index in [0.29, 0.717) is 5.41 Å². The Morgan fingerprint density at radius 1 is 0.562 bits per heavy atom. The van der Waals surface area contributed by atoms with Crippen LogP contribution in [0.15, 0.2) is 0 Å². The SMILES string of the molecule is CCCCO[SiH2]CC(CCCN(C)CCC)(CCCN(C)CCC)CCCN(C)CCC. The Morgan fingerprint density at radius 2 is 0.969 bits per heavy atom. The minimum absolute atomic E-state index is 0.425. The lowest BCUT2D eigenvalue weighted by atomic mass is 9.76. The zero-order chi connectivity index (χ0) is 24.1. The predicted molar refractivity (Wildman–Crippen MR) is 148 cm³/mol. The summed E-state index contributed by atoms with van der Waals surface area (Å²) in [4.78, 5) is 7.60. The number of hydrogen-bond acceptors (Lipinski definition) is 4. The molecule has 0 aliphatic rings. The van der Waals surface area contributed by atoms with Gasteiger partial charge in [-0.15, -0.1) is 0 Å². The summed E-state index contributed by atoms with van der Waals surface area (Å²) in [5, 5.41) is 0. The molecule has 0 heterocycles. The highest BCUT2D eigenvalue weighted by Crippen LogP contribution is 2.39. The summed E-state index contributed by atoms with van der Waals surface area (Å²) >= 11 is 0. The van der Waals surface area contributed by atoms with Crippen molar-refractivity contribution in [2.75, 3.05) is 67.0 Å². The van der Waals surface area contributed by atoms with Gasteiger partial charge in [0.25, 0.3) is 0 Å². The van der Waals surface area contributed by atoms with Crippen molar-refractivity contribution in [3.63, 3.8) is 0 Å². The molecule has 0 aromatic heterocycles. The summed E-state index contributed by atoms with van der Waals surface area (Å²) in [6.07, 6.45) is 14.4. The summed E-state index contributed by atoms with van der Waals surface area (Å²) in [6.45, 7) is 17.6. The molecule has 0 aliphatic carbocycles. The summed E-state index contributed by atoms with van der Waals surface area (Å²) in [5.74, 6) is 0. The van der Waals surface area contributed by atoms with Crippen molar-refractivity contribution in [3.05, 3.63) is 0 Å². The van der Waals surface area contributed by atoms with Crippen LogP contribution in [0.3, 0.4) is 0 Å². The van der Waals surface area contributed by atoms with Crippen LogP contribution >= 0.6 is 0 Å². The quantitative estimate of drug-likeness (QED) is 0.134. The average molecular weight is 472 g/mol. The first-order valence-electron chi connectivity index (χ1n) is 14.1. The van der Waals surface area contributed by atoms with Gasteiger partial charge in [0.2, 0.25) is 0 Å². The Morgan fingerprint density at radius 3 is 1.31 bits per heavy atom. The van der Waals surface area contributed by atoms with Gasteiger partial charge in [-0.2, -0.15) is 0 Å². The average Bonchev–Trinajstić information content (AvgIpc) is 2.74. The Labute approximate surface area is 205 Å². The van der Waals surface area contributed by atoms with E-state index in [2.05, 4.69) is 63.5 Å². The van der Waals surface area contributed by atoms with Gasteiger partial charge in [0, 0.05) is 6.61 Å². The third-order valence-corrected chi connectivity index (χ3v) is 8.82. The molecular weight excluding hydrogens is 410 g/mol. The molecule has 194 valence electrons. The van der Waals surface area contributed by atoms with Crippen LogP contribution in [0.4, 0.5) is 0 Å². The van der Waals surface area contributed by atoms with Gasteiger partial charge in [-0.3, -0.25) is 0 Å². The van der Waals surface area contributed by atoms with Gasteiger partial charge in [0.1, 0.15) is 0 Å². The Bertz CT molecular complexity index is 352. The van der Waals surface area contributed by atoms with Crippen molar-refractivity contribution in [3.8, 4) is 0 Å². The second kappa shape index (κ2) is 21.6. The largest absolute Gasteiger partial charge is 0.424 e. The van der Waals surface area contributed by atoms with E-state index in [0.717, 1.165) is 6.61 Å². The van der Waals surface area contributed by atoms with Crippen LogP contribution < -0.4 is 0 Å². The molecule has 5 heteroatoms. The molecule has 0 aromatic carbocycles. The van der Waals surface area contributed by atoms with Crippen molar-refractivity contribution in [1.29, 1.82) is 0 Å². The van der Waals surface area contributed by atoms with E-state index in [4.69, 9.17) is 4.43 Å². The molecule has 0 bridgehead atoms. The molecule has 4 nitrogen and oxygen atoms in total. The van der Waals surface area contributed by atoms with Gasteiger partial charge in [-0.25, -0.2) is 0 Å². The third kappa shape index (κ3) is 17.5. The molecule has 0 atom stereocenters. The van der Waals surface area contributed by atoms with Crippen molar-refractivity contribution in [2.45, 2.75) is 104 Å². The van der Waals surface area contributed by atoms with E-state index in [1.807, 2.05) is 0 Å². The molecule has 0 aromatic rings. The highest BCUT2D eigenvalue weighted by Gasteiger charge is 2.29. The molecule has 0 aliphatic heterocycles. The van der Waals surface area contributed by atoms with Gasteiger partial charge >= 0.3 is 0 Å². The van der Waals surface area contributed by atoms with Crippen LogP contribution in [0.1, 0.15) is 98.3 Å². The highest BCUT2D eigenvalue weighted by molar-refractivity contribution is 6.27. The van der Waals surface area contributed by atoms with Crippen LogP contribution in [0.2, 0.25) is 6.04 Å². The third-order valence-electron chi connectivity index (χ3n) is 6.98. The molecule has 0 N–H and O–H groups in total. The molecule has 0 saturated heterocycles. The Hall–Kier alpha value is 0.0569. The van der Waals surface area contributed by atoms with E-state index in [1.165, 1.54) is 116 Å². The van der Waals surface area contributed by atoms with E-state index in [-0.39, 0.29) is 0 Å². The second-order valence-electron chi connectivity index (χ2n) is 10.4. The number of hydrogen-bond donors (Lipinski definition) is 0. The Balaban J connectivity index is 5.05. The van der Waals surface area contributed by atoms with Crippen LogP contribution in [-0.2, 0) is 4.43 Å². The monoisotopic (exact) mass is 471 g/mol. The van der Waals surface area contributed by atoms with E-state index >= 15 is 0 Å². The van der Waals surface area contributed by atoms with E-state index in [9.17, 15) is 0 Å². The van der Waals surface area contributed by atoms with E-state index < -0.39 is 9.76 Å². The fraction of sp³-hybridized carbons (Fsp3) is 1.00. The van der Waals surface area contributed by atoms with Crippen molar-refractivity contribution < 1.29 is 4.43 Å². The fourth-order valence-corrected chi connectivity index (χ4v) is 6.78. The molecule has 0 radical (unpaired) electrons. The van der Waals surface area contributed by atoms with E-state index in [1.54, 1.807) is 0 Å². The van der Waals surface area contributed by atoms with Crippen molar-refractivity contribution >= 4 is 9.76 Å². The molecule has 32 heavy (non-hydrogen) atoms. The minimum Gasteiger partial charge on any atom is -0.424 e. The van der Waals surface area contributed by atoms with Gasteiger partial charge in [0.05, 0.1) is 0 Å². The lowest BCUT2D eigenvalue weighted by Gasteiger charge is -2.36. The molecule has 0 amide bonds. The first-order chi connectivity index (χ1) is 15.4. The summed E-state index contributed by atoms with van der Waals surface area (Å²) in [5.41, 5.74) is 0.506. The highest BCUT2D eigenvalue weighted by atomic mass is 28.2. The van der Waals surface area contributed by atoms with Crippen LogP contribution in [-0.4, -0.2) is 91.5 Å². The second-order valence-corrected chi connectivity index (χ2v) is 11.8. The molecule has 0 saturated carbocycles. The first-order valence-corrected chi connectivity index (χ1v) is 15.6. The molecule has 0 unspecified atom stereocenters. The Kier molecular flexibility index (Phi) is 21.6. The number of unbranched alkanes of at least 4 members (excludes halogenated alkanes) is 1. The molecule has 0 fully saturated rings. The zero-order valence-corrected chi connectivity index (χ0v) is 24.8. The summed E-state index contributed by atoms with van der Waals surface area (Å²) < 4.78 is 6.24. The molecular formula is C27H61N3OSi. The predicted octanol–water partition coefficient (Wildman–Crippen LogP) is 5.66. The lowest BCUT2D eigenvalue weighted by molar-refractivity contribution is 0.184. The minimum atomic E-state index is -0.425. The molecule has 0 rings (SSSR count). The van der Waals surface area contributed by atoms with Crippen molar-refractivity contribution in [1.82, 2.24) is 14.7 Å². The van der Waals surface area contributed by atoms with Crippen LogP contribution in [0.5, 0.6) is 0 Å². The van der Waals surface area contributed by atoms with Gasteiger partial charge < -0.3 is 19.1 Å². The van der Waals surface area contributed by atoms with Gasteiger partial charge in [-0.1, -0.05) is 34.1 Å². The fourth-order valence-electron chi connectivity index (χ4n) is 5.04. The van der Waals surface area contributed by atoms with Gasteiger partial charge in [-0.05, 0) is 136 Å². The maximum absolute atomic E-state index is 6.24. The van der Waals surface area contributed by atoms with Crippen LogP contribution in [0, 0.1) is 5.41 Å². The maximum Gasteiger partial charge on any atom is 0.162 e. The molecule has 0 spiro atoms. The summed E-state index contributed by atoms with van der Waals surface area (Å²) in [6, 6.07) is 1.38. The normalized spacial score (nSPS) is 12.9. The van der Waals surface area contributed by atoms with Gasteiger partial charge in [0.15, 0.2) is 9.76 Å². The van der Waals surface area contributed by atoms with Crippen LogP contribution in [0.25, 0.3) is 0 Å². The topological polar surface area (TPSA) is 19.0 Å². The smallest absolute Gasteiger partial charge is 0.162 e. The number of nitrogens with zero attached hydrogens (tertiary/aromatic N) is 3. The lowest BCUT2D eigenvalue weighted by Crippen LogP contribution is -2.30. The first kappa shape index (κ1) is 32.1. The standard InChI is InChI=1S/C27H61N3OSi/c1-8-12-25-31-32-26-27(16-13-22-28(5)19-9-2,17-14-23-29(6)20-10-3)18-15-24-30(7)21-11-4/h8-26,32H2,1-7H3. The van der Waals surface area contributed by atoms with Crippen molar-refractivity contribution in [2.24, 2.45) is 5.41 Å². The zero-order valence-electron chi connectivity index (χ0n) is 23.4. The number of rotatable bonds is 24.